The molecule has 2 aromatic rings. The highest BCUT2D eigenvalue weighted by atomic mass is 19.1. The number of piperazine rings is 1. The SMILES string of the molecule is O=C(O)c1cc(C2CNCCN2C2CC2)nc2c(F)cc(F)cc12. The average Bonchev–Trinajstić information content (AvgIpc) is 3.38. The van der Waals surface area contributed by atoms with Crippen LogP contribution in [0.25, 0.3) is 10.9 Å². The van der Waals surface area contributed by atoms with Crippen molar-refractivity contribution in [2.75, 3.05) is 19.6 Å². The van der Waals surface area contributed by atoms with Crippen molar-refractivity contribution in [1.82, 2.24) is 15.2 Å². The first-order valence-corrected chi connectivity index (χ1v) is 8.04. The van der Waals surface area contributed by atoms with Crippen molar-refractivity contribution >= 4 is 16.9 Å². The van der Waals surface area contributed by atoms with Crippen molar-refractivity contribution in [3.05, 3.63) is 41.1 Å². The van der Waals surface area contributed by atoms with Gasteiger partial charge in [0.15, 0.2) is 5.82 Å². The summed E-state index contributed by atoms with van der Waals surface area (Å²) in [6.07, 6.45) is 2.24. The topological polar surface area (TPSA) is 65.5 Å². The van der Waals surface area contributed by atoms with Gasteiger partial charge in [0.05, 0.1) is 17.3 Å². The first kappa shape index (κ1) is 15.4. The fraction of sp³-hybridized carbons (Fsp3) is 0.412. The number of halogens is 2. The van der Waals surface area contributed by atoms with Crippen LogP contribution in [0.1, 0.15) is 34.9 Å². The Morgan fingerprint density at radius 2 is 2.08 bits per heavy atom. The summed E-state index contributed by atoms with van der Waals surface area (Å²) < 4.78 is 27.7. The van der Waals surface area contributed by atoms with Gasteiger partial charge < -0.3 is 10.4 Å². The minimum absolute atomic E-state index is 0.00881. The van der Waals surface area contributed by atoms with E-state index in [-0.39, 0.29) is 22.5 Å². The summed E-state index contributed by atoms with van der Waals surface area (Å²) in [5.74, 6) is -2.86. The summed E-state index contributed by atoms with van der Waals surface area (Å²) >= 11 is 0. The van der Waals surface area contributed by atoms with Gasteiger partial charge in [-0.1, -0.05) is 0 Å². The summed E-state index contributed by atoms with van der Waals surface area (Å²) in [5.41, 5.74) is 0.312. The number of aromatic carboxylic acids is 1. The molecule has 7 heteroatoms. The normalized spacial score (nSPS) is 22.0. The minimum atomic E-state index is -1.21. The highest BCUT2D eigenvalue weighted by Gasteiger charge is 2.37. The number of fused-ring (bicyclic) bond motifs is 1. The molecule has 24 heavy (non-hydrogen) atoms. The Labute approximate surface area is 137 Å². The quantitative estimate of drug-likeness (QED) is 0.902. The van der Waals surface area contributed by atoms with E-state index in [0.29, 0.717) is 18.3 Å². The zero-order valence-corrected chi connectivity index (χ0v) is 12.9. The van der Waals surface area contributed by atoms with Crippen LogP contribution in [-0.4, -0.2) is 46.6 Å². The molecule has 0 bridgehead atoms. The molecule has 1 saturated heterocycles. The van der Waals surface area contributed by atoms with E-state index in [2.05, 4.69) is 15.2 Å². The molecule has 5 nitrogen and oxygen atoms in total. The van der Waals surface area contributed by atoms with Crippen molar-refractivity contribution in [2.24, 2.45) is 0 Å². The van der Waals surface area contributed by atoms with Crippen molar-refractivity contribution in [3.63, 3.8) is 0 Å². The fourth-order valence-electron chi connectivity index (χ4n) is 3.46. The van der Waals surface area contributed by atoms with E-state index in [4.69, 9.17) is 0 Å². The molecule has 2 heterocycles. The standard InChI is InChI=1S/C17H17F2N3O2/c18-9-5-11-12(17(23)24)7-14(21-16(11)13(19)6-9)15-8-20-3-4-22(15)10-1-2-10/h5-7,10,15,20H,1-4,8H2,(H,23,24). The summed E-state index contributed by atoms with van der Waals surface area (Å²) in [6, 6.07) is 3.61. The van der Waals surface area contributed by atoms with Crippen LogP contribution in [0, 0.1) is 11.6 Å². The number of nitrogens with zero attached hydrogens (tertiary/aromatic N) is 2. The third-order valence-corrected chi connectivity index (χ3v) is 4.72. The van der Waals surface area contributed by atoms with Crippen LogP contribution < -0.4 is 5.32 Å². The molecule has 2 fully saturated rings. The van der Waals surface area contributed by atoms with Crippen LogP contribution in [0.4, 0.5) is 8.78 Å². The van der Waals surface area contributed by atoms with Crippen molar-refractivity contribution in [3.8, 4) is 0 Å². The second kappa shape index (κ2) is 5.75. The van der Waals surface area contributed by atoms with Crippen LogP contribution in [0.2, 0.25) is 0 Å². The maximum absolute atomic E-state index is 14.2. The number of carbonyl (C=O) groups is 1. The van der Waals surface area contributed by atoms with Gasteiger partial charge in [0.2, 0.25) is 0 Å². The zero-order chi connectivity index (χ0) is 16.8. The molecule has 1 saturated carbocycles. The van der Waals surface area contributed by atoms with Crippen LogP contribution >= 0.6 is 0 Å². The lowest BCUT2D eigenvalue weighted by Crippen LogP contribution is -2.47. The van der Waals surface area contributed by atoms with E-state index in [1.54, 1.807) is 0 Å². The molecule has 2 aliphatic rings. The number of carboxylic acids is 1. The Hall–Kier alpha value is -2.12. The van der Waals surface area contributed by atoms with Gasteiger partial charge in [-0.2, -0.15) is 0 Å². The molecule has 0 radical (unpaired) electrons. The van der Waals surface area contributed by atoms with Crippen molar-refractivity contribution in [1.29, 1.82) is 0 Å². The molecule has 1 aromatic heterocycles. The smallest absolute Gasteiger partial charge is 0.336 e. The Bertz CT molecular complexity index is 823. The van der Waals surface area contributed by atoms with Gasteiger partial charge in [-0.15, -0.1) is 0 Å². The number of hydrogen-bond donors (Lipinski definition) is 2. The number of hydrogen-bond acceptors (Lipinski definition) is 4. The van der Waals surface area contributed by atoms with Gasteiger partial charge in [-0.25, -0.2) is 18.6 Å². The van der Waals surface area contributed by atoms with Gasteiger partial charge in [0.1, 0.15) is 11.3 Å². The monoisotopic (exact) mass is 333 g/mol. The van der Waals surface area contributed by atoms with Gasteiger partial charge in [0, 0.05) is 37.1 Å². The van der Waals surface area contributed by atoms with Crippen LogP contribution in [-0.2, 0) is 0 Å². The second-order valence-corrected chi connectivity index (χ2v) is 6.37. The van der Waals surface area contributed by atoms with Gasteiger partial charge >= 0.3 is 5.97 Å². The largest absolute Gasteiger partial charge is 0.478 e. The summed E-state index contributed by atoms with van der Waals surface area (Å²) in [4.78, 5) is 18.3. The molecule has 1 atom stereocenters. The Morgan fingerprint density at radius 1 is 1.29 bits per heavy atom. The summed E-state index contributed by atoms with van der Waals surface area (Å²) in [7, 11) is 0. The average molecular weight is 333 g/mol. The molecule has 1 aliphatic heterocycles. The molecular weight excluding hydrogens is 316 g/mol. The molecular formula is C17H17F2N3O2. The second-order valence-electron chi connectivity index (χ2n) is 6.37. The maximum Gasteiger partial charge on any atom is 0.336 e. The number of benzene rings is 1. The van der Waals surface area contributed by atoms with E-state index >= 15 is 0 Å². The van der Waals surface area contributed by atoms with Crippen molar-refractivity contribution in [2.45, 2.75) is 24.9 Å². The van der Waals surface area contributed by atoms with Crippen LogP contribution in [0.5, 0.6) is 0 Å². The lowest BCUT2D eigenvalue weighted by molar-refractivity contribution is 0.0698. The van der Waals surface area contributed by atoms with E-state index in [0.717, 1.165) is 38.1 Å². The Morgan fingerprint density at radius 3 is 2.79 bits per heavy atom. The first-order chi connectivity index (χ1) is 11.5. The molecule has 0 amide bonds. The predicted octanol–water partition coefficient (Wildman–Crippen LogP) is 2.32. The number of rotatable bonds is 3. The molecule has 126 valence electrons. The molecule has 2 N–H and O–H groups in total. The maximum atomic E-state index is 14.2. The molecule has 1 aliphatic carbocycles. The lowest BCUT2D eigenvalue weighted by atomic mass is 10.0. The highest BCUT2D eigenvalue weighted by Crippen LogP contribution is 2.35. The molecule has 4 rings (SSSR count). The third-order valence-electron chi connectivity index (χ3n) is 4.72. The van der Waals surface area contributed by atoms with E-state index in [1.807, 2.05) is 0 Å². The highest BCUT2D eigenvalue weighted by molar-refractivity contribution is 6.02. The van der Waals surface area contributed by atoms with Gasteiger partial charge in [-0.3, -0.25) is 4.90 Å². The van der Waals surface area contributed by atoms with Gasteiger partial charge in [-0.05, 0) is 25.0 Å². The van der Waals surface area contributed by atoms with E-state index < -0.39 is 17.6 Å². The summed E-state index contributed by atoms with van der Waals surface area (Å²) in [6.45, 7) is 2.35. The number of carboxylic acid groups (broad SMARTS) is 1. The van der Waals surface area contributed by atoms with Crippen LogP contribution in [0.15, 0.2) is 18.2 Å². The summed E-state index contributed by atoms with van der Waals surface area (Å²) in [5, 5.41) is 12.7. The Balaban J connectivity index is 1.87. The first-order valence-electron chi connectivity index (χ1n) is 8.04. The van der Waals surface area contributed by atoms with Crippen molar-refractivity contribution < 1.29 is 18.7 Å². The third kappa shape index (κ3) is 2.63. The van der Waals surface area contributed by atoms with E-state index in [9.17, 15) is 18.7 Å². The van der Waals surface area contributed by atoms with Gasteiger partial charge in [0.25, 0.3) is 0 Å². The Kier molecular flexibility index (Phi) is 3.69. The molecule has 0 spiro atoms. The number of pyridine rings is 1. The zero-order valence-electron chi connectivity index (χ0n) is 12.9. The van der Waals surface area contributed by atoms with Crippen LogP contribution in [0.3, 0.4) is 0 Å². The lowest BCUT2D eigenvalue weighted by Gasteiger charge is -2.36. The molecule has 1 unspecified atom stereocenters. The predicted molar refractivity (Wildman–Crippen MR) is 84.0 cm³/mol. The minimum Gasteiger partial charge on any atom is -0.478 e. The fourth-order valence-corrected chi connectivity index (χ4v) is 3.46. The van der Waals surface area contributed by atoms with E-state index in [1.165, 1.54) is 6.07 Å². The number of aromatic nitrogens is 1. The number of nitrogens with one attached hydrogen (secondary N) is 1. The molecule has 1 aromatic carbocycles.